The molecule has 0 fully saturated rings. The fourth-order valence-corrected chi connectivity index (χ4v) is 1.45. The molecule has 0 saturated heterocycles. The molecule has 1 aromatic heterocycles. The molecule has 4 heteroatoms. The molecule has 0 unspecified atom stereocenters. The highest BCUT2D eigenvalue weighted by Crippen LogP contribution is 2.16. The molecule has 0 amide bonds. The number of hydrogen-bond donors (Lipinski definition) is 0. The lowest BCUT2D eigenvalue weighted by Gasteiger charge is -2.05. The van der Waals surface area contributed by atoms with E-state index in [0.717, 1.165) is 5.69 Å². The first-order valence-corrected chi connectivity index (χ1v) is 4.69. The Labute approximate surface area is 87.3 Å². The zero-order valence-electron chi connectivity index (χ0n) is 8.03. The van der Waals surface area contributed by atoms with Crippen LogP contribution in [0.2, 0.25) is 5.28 Å². The topological polar surface area (TPSA) is 30.7 Å². The third-order valence-electron chi connectivity index (χ3n) is 2.27. The predicted molar refractivity (Wildman–Crippen MR) is 55.8 cm³/mol. The van der Waals surface area contributed by atoms with E-state index in [4.69, 9.17) is 11.6 Å². The SMILES string of the molecule is Cc1ccc(-n2cnnc2Cl)cc1C. The second kappa shape index (κ2) is 3.42. The van der Waals surface area contributed by atoms with Crippen LogP contribution in [0.1, 0.15) is 11.1 Å². The molecule has 0 atom stereocenters. The van der Waals surface area contributed by atoms with Crippen molar-refractivity contribution >= 4 is 11.6 Å². The molecule has 0 aliphatic rings. The van der Waals surface area contributed by atoms with Crippen molar-refractivity contribution in [3.63, 3.8) is 0 Å². The maximum atomic E-state index is 5.86. The van der Waals surface area contributed by atoms with Crippen molar-refractivity contribution in [3.8, 4) is 5.69 Å². The van der Waals surface area contributed by atoms with Gasteiger partial charge in [-0.05, 0) is 48.7 Å². The van der Waals surface area contributed by atoms with Gasteiger partial charge in [0.25, 0.3) is 0 Å². The van der Waals surface area contributed by atoms with Crippen LogP contribution in [0.15, 0.2) is 24.5 Å². The average molecular weight is 208 g/mol. The summed E-state index contributed by atoms with van der Waals surface area (Å²) in [6.45, 7) is 4.14. The Balaban J connectivity index is 2.53. The van der Waals surface area contributed by atoms with Gasteiger partial charge < -0.3 is 0 Å². The van der Waals surface area contributed by atoms with Gasteiger partial charge in [-0.2, -0.15) is 0 Å². The van der Waals surface area contributed by atoms with Crippen molar-refractivity contribution in [2.24, 2.45) is 0 Å². The smallest absolute Gasteiger partial charge is 0.229 e. The maximum absolute atomic E-state index is 5.86. The molecule has 1 heterocycles. The summed E-state index contributed by atoms with van der Waals surface area (Å²) >= 11 is 5.86. The first-order chi connectivity index (χ1) is 6.68. The largest absolute Gasteiger partial charge is 0.272 e. The van der Waals surface area contributed by atoms with Crippen molar-refractivity contribution in [1.82, 2.24) is 14.8 Å². The fourth-order valence-electron chi connectivity index (χ4n) is 1.27. The highest BCUT2D eigenvalue weighted by Gasteiger charge is 2.03. The number of benzene rings is 1. The highest BCUT2D eigenvalue weighted by molar-refractivity contribution is 6.28. The molecule has 1 aromatic carbocycles. The quantitative estimate of drug-likeness (QED) is 0.720. The zero-order valence-corrected chi connectivity index (χ0v) is 8.78. The van der Waals surface area contributed by atoms with E-state index in [1.54, 1.807) is 10.9 Å². The molecule has 0 bridgehead atoms. The van der Waals surface area contributed by atoms with Crippen LogP contribution in [-0.4, -0.2) is 14.8 Å². The van der Waals surface area contributed by atoms with Gasteiger partial charge in [-0.25, -0.2) is 0 Å². The van der Waals surface area contributed by atoms with E-state index in [1.807, 2.05) is 6.07 Å². The molecule has 0 saturated carbocycles. The van der Waals surface area contributed by atoms with Gasteiger partial charge in [0.05, 0.1) is 0 Å². The van der Waals surface area contributed by atoms with Gasteiger partial charge in [0.1, 0.15) is 6.33 Å². The lowest BCUT2D eigenvalue weighted by molar-refractivity contribution is 1.05. The second-order valence-electron chi connectivity index (χ2n) is 3.24. The molecule has 0 radical (unpaired) electrons. The van der Waals surface area contributed by atoms with Gasteiger partial charge in [-0.1, -0.05) is 6.07 Å². The summed E-state index contributed by atoms with van der Waals surface area (Å²) in [4.78, 5) is 0. The first-order valence-electron chi connectivity index (χ1n) is 4.31. The van der Waals surface area contributed by atoms with Gasteiger partial charge in [-0.15, -0.1) is 10.2 Å². The molecule has 0 aliphatic carbocycles. The maximum Gasteiger partial charge on any atom is 0.229 e. The molecule has 72 valence electrons. The summed E-state index contributed by atoms with van der Waals surface area (Å²) in [6.07, 6.45) is 1.60. The Kier molecular flexibility index (Phi) is 2.25. The molecule has 0 aliphatic heterocycles. The third-order valence-corrected chi connectivity index (χ3v) is 2.53. The van der Waals surface area contributed by atoms with Crippen LogP contribution in [0, 0.1) is 13.8 Å². The summed E-state index contributed by atoms with van der Waals surface area (Å²) in [5.41, 5.74) is 3.48. The molecule has 14 heavy (non-hydrogen) atoms. The van der Waals surface area contributed by atoms with Gasteiger partial charge in [0, 0.05) is 5.69 Å². The van der Waals surface area contributed by atoms with Crippen LogP contribution >= 0.6 is 11.6 Å². The minimum absolute atomic E-state index is 0.383. The molecule has 0 N–H and O–H groups in total. The van der Waals surface area contributed by atoms with Crippen LogP contribution in [0.5, 0.6) is 0 Å². The van der Waals surface area contributed by atoms with Gasteiger partial charge in [0.2, 0.25) is 5.28 Å². The van der Waals surface area contributed by atoms with E-state index in [-0.39, 0.29) is 0 Å². The van der Waals surface area contributed by atoms with E-state index < -0.39 is 0 Å². The standard InChI is InChI=1S/C10H10ClN3/c1-7-3-4-9(5-8(7)2)14-6-12-13-10(14)11/h3-6H,1-2H3. The van der Waals surface area contributed by atoms with Gasteiger partial charge >= 0.3 is 0 Å². The number of aromatic nitrogens is 3. The average Bonchev–Trinajstić information content (AvgIpc) is 2.57. The van der Waals surface area contributed by atoms with Crippen molar-refractivity contribution < 1.29 is 0 Å². The lowest BCUT2D eigenvalue weighted by atomic mass is 10.1. The number of rotatable bonds is 1. The van der Waals surface area contributed by atoms with Crippen LogP contribution in [0.3, 0.4) is 0 Å². The summed E-state index contributed by atoms with van der Waals surface area (Å²) in [5, 5.41) is 7.84. The fraction of sp³-hybridized carbons (Fsp3) is 0.200. The molecule has 3 nitrogen and oxygen atoms in total. The van der Waals surface area contributed by atoms with Crippen molar-refractivity contribution in [2.45, 2.75) is 13.8 Å². The Morgan fingerprint density at radius 3 is 2.57 bits per heavy atom. The normalized spacial score (nSPS) is 10.5. The van der Waals surface area contributed by atoms with Crippen LogP contribution in [0.25, 0.3) is 5.69 Å². The number of halogens is 1. The monoisotopic (exact) mass is 207 g/mol. The third kappa shape index (κ3) is 1.51. The number of aryl methyl sites for hydroxylation is 2. The summed E-state index contributed by atoms with van der Waals surface area (Å²) in [6, 6.07) is 6.11. The second-order valence-corrected chi connectivity index (χ2v) is 3.58. The van der Waals surface area contributed by atoms with Crippen molar-refractivity contribution in [3.05, 3.63) is 40.9 Å². The van der Waals surface area contributed by atoms with Crippen molar-refractivity contribution in [2.75, 3.05) is 0 Å². The number of hydrogen-bond acceptors (Lipinski definition) is 2. The predicted octanol–water partition coefficient (Wildman–Crippen LogP) is 2.54. The summed E-state index contributed by atoms with van der Waals surface area (Å²) in [7, 11) is 0. The molecule has 0 spiro atoms. The minimum atomic E-state index is 0.383. The zero-order chi connectivity index (χ0) is 10.1. The first kappa shape index (κ1) is 9.21. The highest BCUT2D eigenvalue weighted by atomic mass is 35.5. The molecule has 2 aromatic rings. The van der Waals surface area contributed by atoms with Gasteiger partial charge in [-0.3, -0.25) is 4.57 Å². The Hall–Kier alpha value is -1.35. The van der Waals surface area contributed by atoms with E-state index in [0.29, 0.717) is 5.28 Å². The number of nitrogens with zero attached hydrogens (tertiary/aromatic N) is 3. The van der Waals surface area contributed by atoms with E-state index in [2.05, 4.69) is 36.2 Å². The molecular weight excluding hydrogens is 198 g/mol. The van der Waals surface area contributed by atoms with Crippen LogP contribution < -0.4 is 0 Å². The van der Waals surface area contributed by atoms with E-state index >= 15 is 0 Å². The van der Waals surface area contributed by atoms with Crippen molar-refractivity contribution in [1.29, 1.82) is 0 Å². The lowest BCUT2D eigenvalue weighted by Crippen LogP contribution is -1.93. The Morgan fingerprint density at radius 1 is 1.21 bits per heavy atom. The van der Waals surface area contributed by atoms with Gasteiger partial charge in [0.15, 0.2) is 0 Å². The van der Waals surface area contributed by atoms with E-state index in [9.17, 15) is 0 Å². The minimum Gasteiger partial charge on any atom is -0.272 e. The summed E-state index contributed by atoms with van der Waals surface area (Å²) < 4.78 is 1.74. The molecular formula is C10H10ClN3. The van der Waals surface area contributed by atoms with Crippen LogP contribution in [0.4, 0.5) is 0 Å². The van der Waals surface area contributed by atoms with Crippen LogP contribution in [-0.2, 0) is 0 Å². The Morgan fingerprint density at radius 2 is 2.00 bits per heavy atom. The summed E-state index contributed by atoms with van der Waals surface area (Å²) in [5.74, 6) is 0. The Bertz CT molecular complexity index is 462. The van der Waals surface area contributed by atoms with E-state index in [1.165, 1.54) is 11.1 Å². The molecule has 2 rings (SSSR count).